The lowest BCUT2D eigenvalue weighted by Gasteiger charge is -2.45. The molecule has 0 spiro atoms. The summed E-state index contributed by atoms with van der Waals surface area (Å²) in [5, 5.41) is 0.228. The van der Waals surface area contributed by atoms with E-state index in [-0.39, 0.29) is 17.1 Å². The molecule has 21 heavy (non-hydrogen) atoms. The number of rotatable bonds is 2. The van der Waals surface area contributed by atoms with Gasteiger partial charge in [0.05, 0.1) is 6.10 Å². The lowest BCUT2D eigenvalue weighted by Crippen LogP contribution is -2.49. The van der Waals surface area contributed by atoms with Gasteiger partial charge in [0.1, 0.15) is 5.78 Å². The Balaban J connectivity index is 2.24. The zero-order valence-corrected chi connectivity index (χ0v) is 15.7. The summed E-state index contributed by atoms with van der Waals surface area (Å²) in [5.74, 6) is 1.02. The lowest BCUT2D eigenvalue weighted by molar-refractivity contribution is -0.126. The van der Waals surface area contributed by atoms with Crippen molar-refractivity contribution in [2.75, 3.05) is 0 Å². The minimum atomic E-state index is -1.78. The Morgan fingerprint density at radius 2 is 1.90 bits per heavy atom. The van der Waals surface area contributed by atoms with Gasteiger partial charge in [0.2, 0.25) is 0 Å². The van der Waals surface area contributed by atoms with E-state index in [0.717, 1.165) is 32.1 Å². The predicted octanol–water partition coefficient (Wildman–Crippen LogP) is 5.10. The van der Waals surface area contributed by atoms with Gasteiger partial charge in [-0.1, -0.05) is 38.8 Å². The molecule has 0 N–H and O–H groups in total. The standard InChI is InChI=1S/C18H32O2Si/c1-13-9-7-11-15(19)14-10-8-12-16(17(13)14)20-21(5,6)18(2,3)4/h9,14,16-17H,7-8,10-12H2,1-6H3/t14-,16?,17+/m1/s1. The summed E-state index contributed by atoms with van der Waals surface area (Å²) in [7, 11) is -1.78. The molecule has 2 rings (SSSR count). The molecule has 2 aliphatic rings. The van der Waals surface area contributed by atoms with E-state index >= 15 is 0 Å². The van der Waals surface area contributed by atoms with Crippen LogP contribution < -0.4 is 0 Å². The van der Waals surface area contributed by atoms with Crippen molar-refractivity contribution in [3.8, 4) is 0 Å². The Kier molecular flexibility index (Phi) is 4.84. The third-order valence-corrected chi connectivity index (χ3v) is 10.4. The van der Waals surface area contributed by atoms with Crippen molar-refractivity contribution >= 4 is 14.1 Å². The minimum absolute atomic E-state index is 0.215. The maximum absolute atomic E-state index is 12.4. The molecule has 0 aromatic heterocycles. The van der Waals surface area contributed by atoms with Gasteiger partial charge in [0.15, 0.2) is 8.32 Å². The van der Waals surface area contributed by atoms with Gasteiger partial charge in [-0.25, -0.2) is 0 Å². The van der Waals surface area contributed by atoms with Crippen molar-refractivity contribution in [3.05, 3.63) is 11.6 Å². The molecule has 2 aliphatic carbocycles. The molecule has 0 aliphatic heterocycles. The molecule has 0 saturated heterocycles. The SMILES string of the molecule is CC1=CCCC(=O)[C@H]2CCCC(O[Si](C)(C)C(C)(C)C)[C@@H]12. The van der Waals surface area contributed by atoms with Crippen LogP contribution in [0, 0.1) is 11.8 Å². The van der Waals surface area contributed by atoms with Crippen molar-refractivity contribution in [1.29, 1.82) is 0 Å². The normalized spacial score (nSPS) is 31.4. The van der Waals surface area contributed by atoms with Gasteiger partial charge < -0.3 is 4.43 Å². The molecular weight excluding hydrogens is 276 g/mol. The van der Waals surface area contributed by atoms with Crippen LogP contribution in [0.2, 0.25) is 18.1 Å². The molecule has 3 atom stereocenters. The van der Waals surface area contributed by atoms with Gasteiger partial charge in [-0.3, -0.25) is 4.79 Å². The molecule has 0 radical (unpaired) electrons. The van der Waals surface area contributed by atoms with Crippen molar-refractivity contribution < 1.29 is 9.22 Å². The van der Waals surface area contributed by atoms with Gasteiger partial charge in [-0.15, -0.1) is 0 Å². The zero-order chi connectivity index (χ0) is 15.8. The fraction of sp³-hybridized carbons (Fsp3) is 0.833. The lowest BCUT2D eigenvalue weighted by atomic mass is 9.72. The molecule has 0 aromatic carbocycles. The number of carbonyl (C=O) groups is 1. The first kappa shape index (κ1) is 16.9. The van der Waals surface area contributed by atoms with Crippen LogP contribution in [0.1, 0.15) is 59.8 Å². The number of hydrogen-bond donors (Lipinski definition) is 0. The molecule has 2 nitrogen and oxygen atoms in total. The Hall–Kier alpha value is -0.413. The van der Waals surface area contributed by atoms with E-state index in [4.69, 9.17) is 4.43 Å². The Bertz CT molecular complexity index is 431. The zero-order valence-electron chi connectivity index (χ0n) is 14.7. The van der Waals surface area contributed by atoms with Gasteiger partial charge in [0, 0.05) is 18.3 Å². The van der Waals surface area contributed by atoms with Crippen LogP contribution in [0.3, 0.4) is 0 Å². The minimum Gasteiger partial charge on any atom is -0.413 e. The number of carbonyl (C=O) groups excluding carboxylic acids is 1. The van der Waals surface area contributed by atoms with Crippen molar-refractivity contribution in [2.24, 2.45) is 11.8 Å². The van der Waals surface area contributed by atoms with E-state index < -0.39 is 8.32 Å². The van der Waals surface area contributed by atoms with Crippen LogP contribution in [0.25, 0.3) is 0 Å². The molecule has 3 heteroatoms. The van der Waals surface area contributed by atoms with Crippen LogP contribution >= 0.6 is 0 Å². The summed E-state index contributed by atoms with van der Waals surface area (Å²) in [6.45, 7) is 13.7. The number of ketones is 1. The number of hydrogen-bond acceptors (Lipinski definition) is 2. The first-order chi connectivity index (χ1) is 9.63. The summed E-state index contributed by atoms with van der Waals surface area (Å²) in [6, 6.07) is 0. The highest BCUT2D eigenvalue weighted by atomic mass is 28.4. The molecule has 0 bridgehead atoms. The molecule has 0 amide bonds. The van der Waals surface area contributed by atoms with Gasteiger partial charge >= 0.3 is 0 Å². The molecule has 0 aromatic rings. The molecule has 1 fully saturated rings. The van der Waals surface area contributed by atoms with Crippen LogP contribution in [-0.4, -0.2) is 20.2 Å². The van der Waals surface area contributed by atoms with Crippen molar-refractivity contribution in [1.82, 2.24) is 0 Å². The highest BCUT2D eigenvalue weighted by molar-refractivity contribution is 6.74. The third-order valence-electron chi connectivity index (χ3n) is 5.89. The molecular formula is C18H32O2Si. The maximum Gasteiger partial charge on any atom is 0.192 e. The summed E-state index contributed by atoms with van der Waals surface area (Å²) < 4.78 is 6.73. The van der Waals surface area contributed by atoms with E-state index in [1.54, 1.807) is 0 Å². The third kappa shape index (κ3) is 3.50. The molecule has 1 unspecified atom stereocenters. The van der Waals surface area contributed by atoms with E-state index in [1.807, 2.05) is 0 Å². The smallest absolute Gasteiger partial charge is 0.192 e. The van der Waals surface area contributed by atoms with Crippen LogP contribution in [-0.2, 0) is 9.22 Å². The van der Waals surface area contributed by atoms with Gasteiger partial charge in [-0.05, 0) is 44.3 Å². The maximum atomic E-state index is 12.4. The fourth-order valence-corrected chi connectivity index (χ4v) is 4.95. The van der Waals surface area contributed by atoms with E-state index in [0.29, 0.717) is 11.7 Å². The Labute approximate surface area is 131 Å². The first-order valence-electron chi connectivity index (χ1n) is 8.50. The molecule has 0 heterocycles. The highest BCUT2D eigenvalue weighted by Crippen LogP contribution is 2.44. The summed E-state index contributed by atoms with van der Waals surface area (Å²) in [6.07, 6.45) is 7.51. The summed E-state index contributed by atoms with van der Waals surface area (Å²) in [4.78, 5) is 12.4. The Morgan fingerprint density at radius 1 is 1.24 bits per heavy atom. The van der Waals surface area contributed by atoms with Crippen molar-refractivity contribution in [2.45, 2.75) is 84.0 Å². The highest BCUT2D eigenvalue weighted by Gasteiger charge is 2.45. The summed E-state index contributed by atoms with van der Waals surface area (Å²) in [5.41, 5.74) is 1.40. The average molecular weight is 309 g/mol. The largest absolute Gasteiger partial charge is 0.413 e. The number of allylic oxidation sites excluding steroid dienone is 1. The Morgan fingerprint density at radius 3 is 2.52 bits per heavy atom. The van der Waals surface area contributed by atoms with Gasteiger partial charge in [-0.2, -0.15) is 0 Å². The fourth-order valence-electron chi connectivity index (χ4n) is 3.58. The quantitative estimate of drug-likeness (QED) is 0.524. The second-order valence-corrected chi connectivity index (χ2v) is 13.2. The number of fused-ring (bicyclic) bond motifs is 1. The van der Waals surface area contributed by atoms with E-state index in [2.05, 4.69) is 46.9 Å². The van der Waals surface area contributed by atoms with Crippen LogP contribution in [0.15, 0.2) is 11.6 Å². The molecule has 120 valence electrons. The first-order valence-corrected chi connectivity index (χ1v) is 11.4. The monoisotopic (exact) mass is 308 g/mol. The average Bonchev–Trinajstić information content (AvgIpc) is 2.49. The van der Waals surface area contributed by atoms with E-state index in [1.165, 1.54) is 5.57 Å². The van der Waals surface area contributed by atoms with E-state index in [9.17, 15) is 4.79 Å². The van der Waals surface area contributed by atoms with Crippen LogP contribution in [0.5, 0.6) is 0 Å². The van der Waals surface area contributed by atoms with Crippen LogP contribution in [0.4, 0.5) is 0 Å². The predicted molar refractivity (Wildman–Crippen MR) is 90.9 cm³/mol. The molecule has 1 saturated carbocycles. The van der Waals surface area contributed by atoms with Crippen molar-refractivity contribution in [3.63, 3.8) is 0 Å². The topological polar surface area (TPSA) is 26.3 Å². The number of Topliss-reactive ketones (excluding diaryl/α,β-unsaturated/α-hetero) is 1. The second kappa shape index (κ2) is 6.00. The second-order valence-electron chi connectivity index (χ2n) is 8.43. The summed E-state index contributed by atoms with van der Waals surface area (Å²) >= 11 is 0. The van der Waals surface area contributed by atoms with Gasteiger partial charge in [0.25, 0.3) is 0 Å².